The Balaban J connectivity index is 0.599. The molecule has 0 spiro atoms. The fourth-order valence-corrected chi connectivity index (χ4v) is 18.1. The van der Waals surface area contributed by atoms with Crippen molar-refractivity contribution in [2.24, 2.45) is 0 Å². The van der Waals surface area contributed by atoms with Gasteiger partial charge < -0.3 is 9.13 Å². The summed E-state index contributed by atoms with van der Waals surface area (Å²) in [6.45, 7) is 0. The SMILES string of the molecule is c1ccc(-c2nc(-c3ccc(-c4ccc5ccc(-n6c7ccccc7c7cccc(-c8nc9ccccc9s8)c76)cc5c4)cc3)nc(-c3ccc(-c4ccc5c(c4)c4cccc(-c6nc7ccccc7s6)c4n5-c4ccc(-c5ccc(-c6nc(-c7ccccc7)nc(-c7ccccc7)n6)cc5)c5ccccc45)cc3)n2)cc1. The molecule has 0 saturated heterocycles. The second kappa shape index (κ2) is 26.7. The van der Waals surface area contributed by atoms with Crippen LogP contribution in [-0.4, -0.2) is 49.0 Å². The van der Waals surface area contributed by atoms with E-state index in [0.29, 0.717) is 34.9 Å². The first-order valence-electron chi connectivity index (χ1n) is 37.4. The summed E-state index contributed by atoms with van der Waals surface area (Å²) >= 11 is 3.47. The largest absolute Gasteiger partial charge is 0.309 e. The van der Waals surface area contributed by atoms with E-state index in [0.717, 1.165) is 164 Å². The zero-order valence-corrected chi connectivity index (χ0v) is 61.6. The molecule has 0 radical (unpaired) electrons. The minimum Gasteiger partial charge on any atom is -0.309 e. The van der Waals surface area contributed by atoms with Gasteiger partial charge in [-0.3, -0.25) is 0 Å². The summed E-state index contributed by atoms with van der Waals surface area (Å²) in [5, 5.41) is 11.2. The summed E-state index contributed by atoms with van der Waals surface area (Å²) in [6.07, 6.45) is 0. The molecular formula is C100H60N10S2. The van der Waals surface area contributed by atoms with Gasteiger partial charge in [-0.2, -0.15) is 0 Å². The molecule has 112 heavy (non-hydrogen) atoms. The first kappa shape index (κ1) is 64.6. The number of hydrogen-bond donors (Lipinski definition) is 0. The Hall–Kier alpha value is -14.6. The first-order chi connectivity index (χ1) is 55.5. The van der Waals surface area contributed by atoms with Gasteiger partial charge in [-0.25, -0.2) is 39.9 Å². The highest BCUT2D eigenvalue weighted by atomic mass is 32.1. The molecule has 0 N–H and O–H groups in total. The molecule has 12 heteroatoms. The lowest BCUT2D eigenvalue weighted by Crippen LogP contribution is -2.00. The number of thiazole rings is 2. The molecule has 0 bridgehead atoms. The molecule has 0 fully saturated rings. The van der Waals surface area contributed by atoms with E-state index in [1.807, 2.05) is 78.9 Å². The maximum Gasteiger partial charge on any atom is 0.164 e. The van der Waals surface area contributed by atoms with Crippen LogP contribution in [0.25, 0.3) is 220 Å². The van der Waals surface area contributed by atoms with Gasteiger partial charge in [0.1, 0.15) is 10.0 Å². The highest BCUT2D eigenvalue weighted by Crippen LogP contribution is 2.46. The van der Waals surface area contributed by atoms with E-state index >= 15 is 0 Å². The van der Waals surface area contributed by atoms with E-state index in [2.05, 4.69) is 294 Å². The summed E-state index contributed by atoms with van der Waals surface area (Å²) in [5.41, 5.74) is 22.9. The van der Waals surface area contributed by atoms with Crippen LogP contribution in [0.2, 0.25) is 0 Å². The number of benzene rings is 16. The molecule has 22 rings (SSSR count). The average molecular weight is 1470 g/mol. The topological polar surface area (TPSA) is 113 Å². The molecule has 6 aromatic heterocycles. The van der Waals surface area contributed by atoms with Gasteiger partial charge in [-0.05, 0) is 128 Å². The van der Waals surface area contributed by atoms with Crippen molar-refractivity contribution >= 4 is 108 Å². The molecule has 22 aromatic rings. The first-order valence-corrected chi connectivity index (χ1v) is 39.0. The molecule has 522 valence electrons. The van der Waals surface area contributed by atoms with Gasteiger partial charge in [0.05, 0.1) is 48.2 Å². The van der Waals surface area contributed by atoms with E-state index in [-0.39, 0.29) is 0 Å². The minimum atomic E-state index is 0.589. The lowest BCUT2D eigenvalue weighted by atomic mass is 9.96. The van der Waals surface area contributed by atoms with Gasteiger partial charge in [-0.1, -0.05) is 285 Å². The van der Waals surface area contributed by atoms with E-state index in [9.17, 15) is 0 Å². The third kappa shape index (κ3) is 11.2. The maximum absolute atomic E-state index is 5.30. The number of nitrogens with zero attached hydrogens (tertiary/aromatic N) is 10. The molecule has 0 amide bonds. The number of fused-ring (bicyclic) bond motifs is 10. The molecule has 0 aliphatic rings. The Bertz CT molecular complexity index is 7350. The predicted octanol–water partition coefficient (Wildman–Crippen LogP) is 26.1. The molecule has 10 nitrogen and oxygen atoms in total. The number of para-hydroxylation sites is 5. The van der Waals surface area contributed by atoms with Crippen molar-refractivity contribution in [2.45, 2.75) is 0 Å². The van der Waals surface area contributed by atoms with Crippen molar-refractivity contribution < 1.29 is 0 Å². The molecule has 0 unspecified atom stereocenters. The van der Waals surface area contributed by atoms with E-state index in [1.165, 1.54) is 20.9 Å². The van der Waals surface area contributed by atoms with Crippen LogP contribution >= 0.6 is 22.7 Å². The second-order valence-electron chi connectivity index (χ2n) is 28.2. The van der Waals surface area contributed by atoms with Crippen LogP contribution in [0.3, 0.4) is 0 Å². The number of rotatable bonds is 13. The monoisotopic (exact) mass is 1460 g/mol. The molecule has 0 aliphatic heterocycles. The predicted molar refractivity (Wildman–Crippen MR) is 463 cm³/mol. The van der Waals surface area contributed by atoms with Crippen molar-refractivity contribution in [1.82, 2.24) is 49.0 Å². The summed E-state index contributed by atoms with van der Waals surface area (Å²) in [5.74, 6) is 3.66. The average Bonchev–Trinajstić information content (AvgIpc) is 1.56. The van der Waals surface area contributed by atoms with Crippen LogP contribution in [0.5, 0.6) is 0 Å². The van der Waals surface area contributed by atoms with Gasteiger partial charge in [0, 0.05) is 77.1 Å². The van der Waals surface area contributed by atoms with E-state index in [1.54, 1.807) is 22.7 Å². The van der Waals surface area contributed by atoms with Gasteiger partial charge >= 0.3 is 0 Å². The molecule has 16 aromatic carbocycles. The highest BCUT2D eigenvalue weighted by molar-refractivity contribution is 7.22. The van der Waals surface area contributed by atoms with Crippen LogP contribution in [0.4, 0.5) is 0 Å². The maximum atomic E-state index is 5.30. The Labute approximate surface area is 651 Å². The van der Waals surface area contributed by atoms with E-state index in [4.69, 9.17) is 39.9 Å². The Morgan fingerprint density at radius 1 is 0.205 bits per heavy atom. The third-order valence-corrected chi connectivity index (χ3v) is 23.7. The zero-order chi connectivity index (χ0) is 73.7. The Kier molecular flexibility index (Phi) is 15.4. The summed E-state index contributed by atoms with van der Waals surface area (Å²) in [7, 11) is 0. The fraction of sp³-hybridized carbons (Fsp3) is 0. The zero-order valence-electron chi connectivity index (χ0n) is 59.9. The van der Waals surface area contributed by atoms with Crippen LogP contribution in [0.1, 0.15) is 0 Å². The third-order valence-electron chi connectivity index (χ3n) is 21.5. The molecule has 6 heterocycles. The quantitative estimate of drug-likeness (QED) is 0.112. The van der Waals surface area contributed by atoms with Gasteiger partial charge in [0.25, 0.3) is 0 Å². The van der Waals surface area contributed by atoms with Crippen LogP contribution < -0.4 is 0 Å². The van der Waals surface area contributed by atoms with Crippen LogP contribution in [-0.2, 0) is 0 Å². The lowest BCUT2D eigenvalue weighted by Gasteiger charge is -2.16. The summed E-state index contributed by atoms with van der Waals surface area (Å²) in [4.78, 5) is 41.1. The Morgan fingerprint density at radius 3 is 1.13 bits per heavy atom. The normalized spacial score (nSPS) is 11.8. The van der Waals surface area contributed by atoms with Crippen molar-refractivity contribution in [1.29, 1.82) is 0 Å². The van der Waals surface area contributed by atoms with Crippen molar-refractivity contribution in [3.63, 3.8) is 0 Å². The van der Waals surface area contributed by atoms with Gasteiger partial charge in [0.2, 0.25) is 0 Å². The Morgan fingerprint density at radius 2 is 0.598 bits per heavy atom. The molecule has 0 saturated carbocycles. The molecular weight excluding hydrogens is 1410 g/mol. The van der Waals surface area contributed by atoms with Crippen molar-refractivity contribution in [3.8, 4) is 134 Å². The molecule has 0 aliphatic carbocycles. The molecule has 0 atom stereocenters. The summed E-state index contributed by atoms with van der Waals surface area (Å²) < 4.78 is 7.21. The minimum absolute atomic E-state index is 0.589. The van der Waals surface area contributed by atoms with Crippen LogP contribution in [0.15, 0.2) is 364 Å². The standard InChI is InChI=1S/C100H60N10S2/c1-4-20-65(21-5-1)93-103-94(66-22-6-2-7-23-66)105-98(104-93)70-49-43-64(44-50-70)75-55-57-87(77-27-11-10-26-76(75)77)110-88-56-53-72(60-83(88)80-30-19-32-82(92(80)110)100-102-85-34-14-17-37-90(85)112-100)62-40-47-69(48-41-62)97-107-95(67-24-8-3-9-25-67)106-96(108-97)68-45-38-61(39-46-68)71-51-42-63-52-54-74(59-73(63)58-71)109-86-35-15-12-28-78(86)79-29-18-31-81(91(79)109)99-101-84-33-13-16-36-89(84)111-99/h1-60H. The van der Waals surface area contributed by atoms with Gasteiger partial charge in [0.15, 0.2) is 34.9 Å². The lowest BCUT2D eigenvalue weighted by molar-refractivity contribution is 1.07. The van der Waals surface area contributed by atoms with Crippen LogP contribution in [0, 0.1) is 0 Å². The van der Waals surface area contributed by atoms with E-state index < -0.39 is 0 Å². The van der Waals surface area contributed by atoms with Crippen molar-refractivity contribution in [2.75, 3.05) is 0 Å². The number of aromatic nitrogens is 10. The summed E-state index contributed by atoms with van der Waals surface area (Å²) in [6, 6.07) is 129. The number of hydrogen-bond acceptors (Lipinski definition) is 10. The highest BCUT2D eigenvalue weighted by Gasteiger charge is 2.25. The fourth-order valence-electron chi connectivity index (χ4n) is 16.1. The smallest absolute Gasteiger partial charge is 0.164 e. The van der Waals surface area contributed by atoms with Crippen molar-refractivity contribution in [3.05, 3.63) is 364 Å². The van der Waals surface area contributed by atoms with Gasteiger partial charge in [-0.15, -0.1) is 22.7 Å². The second-order valence-corrected chi connectivity index (χ2v) is 30.2.